The number of rotatable bonds is 8. The lowest BCUT2D eigenvalue weighted by Crippen LogP contribution is -2.15. The van der Waals surface area contributed by atoms with Crippen LogP contribution >= 0.6 is 23.4 Å². The maximum absolute atomic E-state index is 12.2. The SMILES string of the molecule is CCn1c(COc2ccccc2)nnc1SCC(=O)Nc1ccccc1Cl. The smallest absolute Gasteiger partial charge is 0.234 e. The fourth-order valence-electron chi connectivity index (χ4n) is 2.39. The lowest BCUT2D eigenvalue weighted by Gasteiger charge is -2.09. The van der Waals surface area contributed by atoms with Gasteiger partial charge in [-0.3, -0.25) is 4.79 Å². The van der Waals surface area contributed by atoms with Gasteiger partial charge < -0.3 is 14.6 Å². The number of carbonyl (C=O) groups is 1. The molecular formula is C19H19ClN4O2S. The van der Waals surface area contributed by atoms with Crippen molar-refractivity contribution in [3.8, 4) is 5.75 Å². The van der Waals surface area contributed by atoms with Crippen LogP contribution in [0.25, 0.3) is 0 Å². The third-order valence-electron chi connectivity index (χ3n) is 3.70. The van der Waals surface area contributed by atoms with Crippen molar-refractivity contribution in [2.45, 2.75) is 25.2 Å². The van der Waals surface area contributed by atoms with Gasteiger partial charge in [0.05, 0.1) is 16.5 Å². The Hall–Kier alpha value is -2.51. The number of ether oxygens (including phenoxy) is 1. The molecule has 0 fully saturated rings. The predicted molar refractivity (Wildman–Crippen MR) is 107 cm³/mol. The highest BCUT2D eigenvalue weighted by Crippen LogP contribution is 2.22. The molecule has 0 spiro atoms. The van der Waals surface area contributed by atoms with E-state index in [9.17, 15) is 4.79 Å². The van der Waals surface area contributed by atoms with Crippen LogP contribution in [0.15, 0.2) is 59.8 Å². The first-order chi connectivity index (χ1) is 13.2. The molecule has 0 aliphatic carbocycles. The topological polar surface area (TPSA) is 69.0 Å². The summed E-state index contributed by atoms with van der Waals surface area (Å²) in [6, 6.07) is 16.7. The summed E-state index contributed by atoms with van der Waals surface area (Å²) in [6.45, 7) is 3.01. The summed E-state index contributed by atoms with van der Waals surface area (Å²) in [5, 5.41) is 12.4. The summed E-state index contributed by atoms with van der Waals surface area (Å²) in [4.78, 5) is 12.2. The van der Waals surface area contributed by atoms with Gasteiger partial charge in [-0.15, -0.1) is 10.2 Å². The van der Waals surface area contributed by atoms with Crippen LogP contribution in [0, 0.1) is 0 Å². The number of aromatic nitrogens is 3. The molecule has 0 saturated heterocycles. The molecule has 0 radical (unpaired) electrons. The number of carbonyl (C=O) groups excluding carboxylic acids is 1. The molecule has 3 aromatic rings. The number of amides is 1. The summed E-state index contributed by atoms with van der Waals surface area (Å²) in [5.41, 5.74) is 0.596. The summed E-state index contributed by atoms with van der Waals surface area (Å²) >= 11 is 7.39. The largest absolute Gasteiger partial charge is 0.486 e. The molecule has 1 amide bonds. The Kier molecular flexibility index (Phi) is 6.73. The van der Waals surface area contributed by atoms with Crippen molar-refractivity contribution in [1.29, 1.82) is 0 Å². The molecule has 3 rings (SSSR count). The number of anilines is 1. The van der Waals surface area contributed by atoms with Crippen molar-refractivity contribution < 1.29 is 9.53 Å². The summed E-state index contributed by atoms with van der Waals surface area (Å²) < 4.78 is 7.68. The molecule has 6 nitrogen and oxygen atoms in total. The second-order valence-electron chi connectivity index (χ2n) is 5.56. The maximum Gasteiger partial charge on any atom is 0.234 e. The Labute approximate surface area is 166 Å². The molecule has 1 N–H and O–H groups in total. The molecule has 27 heavy (non-hydrogen) atoms. The normalized spacial score (nSPS) is 10.6. The van der Waals surface area contributed by atoms with E-state index in [1.54, 1.807) is 12.1 Å². The highest BCUT2D eigenvalue weighted by Gasteiger charge is 2.14. The van der Waals surface area contributed by atoms with Gasteiger partial charge in [0.15, 0.2) is 11.0 Å². The monoisotopic (exact) mass is 402 g/mol. The van der Waals surface area contributed by atoms with Gasteiger partial charge in [0.2, 0.25) is 5.91 Å². The Balaban J connectivity index is 1.58. The Morgan fingerprint density at radius 3 is 2.63 bits per heavy atom. The fourth-order valence-corrected chi connectivity index (χ4v) is 3.40. The van der Waals surface area contributed by atoms with E-state index in [2.05, 4.69) is 15.5 Å². The average molecular weight is 403 g/mol. The van der Waals surface area contributed by atoms with Crippen molar-refractivity contribution in [1.82, 2.24) is 14.8 Å². The summed E-state index contributed by atoms with van der Waals surface area (Å²) in [7, 11) is 0. The van der Waals surface area contributed by atoms with Gasteiger partial charge >= 0.3 is 0 Å². The van der Waals surface area contributed by atoms with Crippen molar-refractivity contribution in [2.24, 2.45) is 0 Å². The van der Waals surface area contributed by atoms with Crippen LogP contribution in [0.5, 0.6) is 5.75 Å². The van der Waals surface area contributed by atoms with Gasteiger partial charge in [0, 0.05) is 6.54 Å². The minimum Gasteiger partial charge on any atom is -0.486 e. The van der Waals surface area contributed by atoms with Gasteiger partial charge in [-0.05, 0) is 31.2 Å². The van der Waals surface area contributed by atoms with Crippen molar-refractivity contribution in [3.63, 3.8) is 0 Å². The molecular weight excluding hydrogens is 384 g/mol. The van der Waals surface area contributed by atoms with Crippen LogP contribution < -0.4 is 10.1 Å². The zero-order valence-electron chi connectivity index (χ0n) is 14.8. The number of halogens is 1. The maximum atomic E-state index is 12.2. The fraction of sp³-hybridized carbons (Fsp3) is 0.211. The first-order valence-corrected chi connectivity index (χ1v) is 9.81. The first kappa shape index (κ1) is 19.3. The zero-order valence-corrected chi connectivity index (χ0v) is 16.3. The number of para-hydroxylation sites is 2. The molecule has 0 bridgehead atoms. The van der Waals surface area contributed by atoms with Crippen LogP contribution in [-0.4, -0.2) is 26.4 Å². The first-order valence-electron chi connectivity index (χ1n) is 8.44. The van der Waals surface area contributed by atoms with E-state index in [-0.39, 0.29) is 11.7 Å². The Morgan fingerprint density at radius 1 is 1.15 bits per heavy atom. The molecule has 0 aliphatic rings. The molecule has 0 atom stereocenters. The third kappa shape index (κ3) is 5.24. The van der Waals surface area contributed by atoms with Gasteiger partial charge in [-0.2, -0.15) is 0 Å². The van der Waals surface area contributed by atoms with E-state index in [4.69, 9.17) is 16.3 Å². The number of nitrogens with one attached hydrogen (secondary N) is 1. The zero-order chi connectivity index (χ0) is 19.1. The number of thioether (sulfide) groups is 1. The van der Waals surface area contributed by atoms with Crippen molar-refractivity contribution in [2.75, 3.05) is 11.1 Å². The molecule has 1 aromatic heterocycles. The van der Waals surface area contributed by atoms with Crippen LogP contribution in [0.1, 0.15) is 12.7 Å². The predicted octanol–water partition coefficient (Wildman–Crippen LogP) is 4.26. The summed E-state index contributed by atoms with van der Waals surface area (Å²) in [6.07, 6.45) is 0. The third-order valence-corrected chi connectivity index (χ3v) is 5.00. The molecule has 1 heterocycles. The van der Waals surface area contributed by atoms with Crippen LogP contribution in [0.2, 0.25) is 5.02 Å². The minimum absolute atomic E-state index is 0.152. The van der Waals surface area contributed by atoms with Gasteiger partial charge in [0.25, 0.3) is 0 Å². The number of hydrogen-bond donors (Lipinski definition) is 1. The second kappa shape index (κ2) is 9.43. The average Bonchev–Trinajstić information content (AvgIpc) is 3.09. The number of nitrogens with zero attached hydrogens (tertiary/aromatic N) is 3. The van der Waals surface area contributed by atoms with Gasteiger partial charge in [0.1, 0.15) is 12.4 Å². The molecule has 0 aliphatic heterocycles. The van der Waals surface area contributed by atoms with Crippen LogP contribution in [0.4, 0.5) is 5.69 Å². The van der Waals surface area contributed by atoms with Gasteiger partial charge in [-0.1, -0.05) is 53.7 Å². The minimum atomic E-state index is -0.152. The number of hydrogen-bond acceptors (Lipinski definition) is 5. The van der Waals surface area contributed by atoms with E-state index in [0.29, 0.717) is 29.0 Å². The van der Waals surface area contributed by atoms with E-state index in [1.165, 1.54) is 11.8 Å². The Morgan fingerprint density at radius 2 is 1.89 bits per heavy atom. The van der Waals surface area contributed by atoms with Crippen LogP contribution in [-0.2, 0) is 17.9 Å². The lowest BCUT2D eigenvalue weighted by atomic mass is 10.3. The second-order valence-corrected chi connectivity index (χ2v) is 6.91. The Bertz CT molecular complexity index is 902. The molecule has 0 saturated carbocycles. The molecule has 8 heteroatoms. The summed E-state index contributed by atoms with van der Waals surface area (Å²) in [5.74, 6) is 1.55. The lowest BCUT2D eigenvalue weighted by molar-refractivity contribution is -0.113. The van der Waals surface area contributed by atoms with Crippen LogP contribution in [0.3, 0.4) is 0 Å². The highest BCUT2D eigenvalue weighted by molar-refractivity contribution is 7.99. The molecule has 0 unspecified atom stereocenters. The molecule has 140 valence electrons. The molecule has 2 aromatic carbocycles. The van der Waals surface area contributed by atoms with Gasteiger partial charge in [-0.25, -0.2) is 0 Å². The van der Waals surface area contributed by atoms with E-state index in [0.717, 1.165) is 11.6 Å². The van der Waals surface area contributed by atoms with E-state index >= 15 is 0 Å². The standard InChI is InChI=1S/C19H19ClN4O2S/c1-2-24-17(12-26-14-8-4-3-5-9-14)22-23-19(24)27-13-18(25)21-16-11-7-6-10-15(16)20/h3-11H,2,12-13H2,1H3,(H,21,25). The van der Waals surface area contributed by atoms with E-state index in [1.807, 2.05) is 54.0 Å². The highest BCUT2D eigenvalue weighted by atomic mass is 35.5. The number of benzene rings is 2. The van der Waals surface area contributed by atoms with E-state index < -0.39 is 0 Å². The quantitative estimate of drug-likeness (QED) is 0.570. The van der Waals surface area contributed by atoms with Crippen molar-refractivity contribution >= 4 is 35.0 Å². The van der Waals surface area contributed by atoms with Crippen molar-refractivity contribution in [3.05, 3.63) is 65.4 Å².